The summed E-state index contributed by atoms with van der Waals surface area (Å²) in [6, 6.07) is 18.0. The van der Waals surface area contributed by atoms with Gasteiger partial charge in [-0.25, -0.2) is 0 Å². The topological polar surface area (TPSA) is 183 Å². The first-order valence-electron chi connectivity index (χ1n) is 27.9. The monoisotopic (exact) mass is 1100 g/mol. The zero-order chi connectivity index (χ0) is 52.7. The predicted molar refractivity (Wildman–Crippen MR) is 294 cm³/mol. The third kappa shape index (κ3) is 13.9. The van der Waals surface area contributed by atoms with Crippen LogP contribution in [0.4, 0.5) is 11.4 Å². The van der Waals surface area contributed by atoms with Gasteiger partial charge in [-0.1, -0.05) is 12.1 Å². The lowest BCUT2D eigenvalue weighted by atomic mass is 9.73. The highest BCUT2D eigenvalue weighted by Gasteiger charge is 2.54. The summed E-state index contributed by atoms with van der Waals surface area (Å²) in [5.74, 6) is 2.15. The van der Waals surface area contributed by atoms with Gasteiger partial charge in [-0.15, -0.1) is 4.72 Å². The van der Waals surface area contributed by atoms with Crippen LogP contribution in [0.15, 0.2) is 64.4 Å². The van der Waals surface area contributed by atoms with Gasteiger partial charge in [-0.2, -0.15) is 0 Å². The van der Waals surface area contributed by atoms with Crippen LogP contribution in [0.5, 0.6) is 17.2 Å². The first kappa shape index (κ1) is 56.1. The van der Waals surface area contributed by atoms with E-state index in [2.05, 4.69) is 38.0 Å². The van der Waals surface area contributed by atoms with E-state index in [9.17, 15) is 14.5 Å². The summed E-state index contributed by atoms with van der Waals surface area (Å²) in [4.78, 5) is 18.8. The lowest BCUT2D eigenvalue weighted by molar-refractivity contribution is -0.122. The molecule has 0 radical (unpaired) electrons. The molecule has 6 aliphatic heterocycles. The van der Waals surface area contributed by atoms with E-state index in [0.717, 1.165) is 116 Å². The summed E-state index contributed by atoms with van der Waals surface area (Å²) in [6.45, 7) is 12.4. The Morgan fingerprint density at radius 1 is 0.597 bits per heavy atom. The maximum absolute atomic E-state index is 13.6. The molecule has 3 N–H and O–H groups in total. The van der Waals surface area contributed by atoms with Gasteiger partial charge in [0.2, 0.25) is 5.91 Å². The first-order chi connectivity index (χ1) is 38.0. The molecule has 19 heteroatoms. The van der Waals surface area contributed by atoms with Gasteiger partial charge >= 0.3 is 0 Å². The van der Waals surface area contributed by atoms with Gasteiger partial charge in [0.15, 0.2) is 10.5 Å². The molecule has 10 rings (SSSR count). The normalized spacial score (nSPS) is 16.8. The summed E-state index contributed by atoms with van der Waals surface area (Å²) in [7, 11) is 0. The lowest BCUT2D eigenvalue weighted by Gasteiger charge is -2.45. The van der Waals surface area contributed by atoms with Crippen molar-refractivity contribution in [3.63, 3.8) is 0 Å². The van der Waals surface area contributed by atoms with E-state index in [1.165, 1.54) is 45.7 Å². The largest absolute Gasteiger partial charge is 0.593 e. The Bertz CT molecular complexity index is 2490. The van der Waals surface area contributed by atoms with Crippen LogP contribution in [0.2, 0.25) is 0 Å². The van der Waals surface area contributed by atoms with E-state index in [-0.39, 0.29) is 11.7 Å². The van der Waals surface area contributed by atoms with Crippen molar-refractivity contribution in [3.8, 4) is 17.2 Å². The van der Waals surface area contributed by atoms with E-state index < -0.39 is 17.0 Å². The smallest absolute Gasteiger partial charge is 0.222 e. The molecule has 6 heterocycles. The third-order valence-corrected chi connectivity index (χ3v) is 16.9. The molecule has 1 amide bonds. The van der Waals surface area contributed by atoms with E-state index >= 15 is 0 Å². The Hall–Kier alpha value is -4.19. The number of nitrogens with zero attached hydrogens (tertiary/aromatic N) is 2. The molecule has 0 bridgehead atoms. The van der Waals surface area contributed by atoms with Crippen molar-refractivity contribution in [3.05, 3.63) is 99.1 Å². The number of aryl methyl sites for hydroxylation is 2. The van der Waals surface area contributed by atoms with Crippen LogP contribution < -0.4 is 24.6 Å². The lowest BCUT2D eigenvalue weighted by Crippen LogP contribution is -2.39. The van der Waals surface area contributed by atoms with Crippen molar-refractivity contribution in [2.24, 2.45) is 0 Å². The fourth-order valence-electron chi connectivity index (χ4n) is 11.4. The SMILES string of the molecule is O=C(CCOCCOCCOCCOCCOCCOCCOCCOCCN[S+]([O-])c1ccc2c(c1)SOC21c2cc3c4c(c2Oc2c1cc1c5c2CCCN5CCC1)CCCN4CCC3)NCCc1ccc(O)cc1. The number of amides is 1. The minimum absolute atomic E-state index is 0.0584. The summed E-state index contributed by atoms with van der Waals surface area (Å²) in [5.41, 5.74) is 11.8. The Morgan fingerprint density at radius 2 is 1.08 bits per heavy atom. The zero-order valence-electron chi connectivity index (χ0n) is 44.4. The van der Waals surface area contributed by atoms with Crippen LogP contribution in [-0.2, 0) is 95.9 Å². The van der Waals surface area contributed by atoms with Crippen molar-refractivity contribution in [1.29, 1.82) is 0 Å². The number of nitrogens with one attached hydrogen (secondary N) is 2. The molecule has 0 aromatic heterocycles. The van der Waals surface area contributed by atoms with Gasteiger partial charge in [0.05, 0.1) is 124 Å². The number of fused-ring (bicyclic) bond motifs is 8. The number of anilines is 2. The average molecular weight is 1100 g/mol. The number of carbonyl (C=O) groups excluding carboxylic acids is 1. The molecule has 1 unspecified atom stereocenters. The molecule has 17 nitrogen and oxygen atoms in total. The number of aromatic hydroxyl groups is 1. The number of hydrogen-bond acceptors (Lipinski definition) is 17. The maximum atomic E-state index is 13.6. The number of hydrogen-bond donors (Lipinski definition) is 3. The second-order valence-electron chi connectivity index (χ2n) is 20.1. The van der Waals surface area contributed by atoms with E-state index in [1.807, 2.05) is 24.3 Å². The van der Waals surface area contributed by atoms with Crippen LogP contribution in [0.25, 0.3) is 0 Å². The summed E-state index contributed by atoms with van der Waals surface area (Å²) in [6.07, 6.45) is 9.66. The molecule has 0 saturated carbocycles. The highest BCUT2D eigenvalue weighted by atomic mass is 32.2. The highest BCUT2D eigenvalue weighted by molar-refractivity contribution is 7.95. The fraction of sp³-hybridized carbons (Fsp3) is 0.569. The van der Waals surface area contributed by atoms with Crippen molar-refractivity contribution >= 4 is 40.7 Å². The molecule has 4 aromatic rings. The molecule has 4 aromatic carbocycles. The van der Waals surface area contributed by atoms with Crippen LogP contribution in [0.3, 0.4) is 0 Å². The van der Waals surface area contributed by atoms with Crippen LogP contribution in [-0.4, -0.2) is 161 Å². The van der Waals surface area contributed by atoms with Crippen LogP contribution >= 0.6 is 12.0 Å². The average Bonchev–Trinajstić information content (AvgIpc) is 3.94. The number of rotatable bonds is 32. The predicted octanol–water partition coefficient (Wildman–Crippen LogP) is 6.72. The molecule has 418 valence electrons. The number of ether oxygens (including phenoxy) is 9. The molecular formula is C58H76N4O13S2. The summed E-state index contributed by atoms with van der Waals surface area (Å²) in [5, 5.41) is 12.2. The molecule has 0 aliphatic carbocycles. The van der Waals surface area contributed by atoms with Crippen LogP contribution in [0, 0.1) is 0 Å². The van der Waals surface area contributed by atoms with Crippen molar-refractivity contribution < 1.29 is 61.3 Å². The second-order valence-corrected chi connectivity index (χ2v) is 22.1. The molecule has 0 saturated heterocycles. The van der Waals surface area contributed by atoms with Gasteiger partial charge in [-0.3, -0.25) is 8.98 Å². The number of phenols is 1. The van der Waals surface area contributed by atoms with Gasteiger partial charge in [0.25, 0.3) is 0 Å². The summed E-state index contributed by atoms with van der Waals surface area (Å²) < 4.78 is 76.0. The number of carbonyl (C=O) groups is 1. The van der Waals surface area contributed by atoms with Gasteiger partial charge in [-0.05, 0) is 111 Å². The number of phenolic OH excluding ortho intramolecular Hbond substituents is 1. The summed E-state index contributed by atoms with van der Waals surface area (Å²) >= 11 is -0.0315. The third-order valence-electron chi connectivity index (χ3n) is 14.9. The standard InChI is InChI=1S/C58H76N4O13S2/c63-45-11-9-42(10-12-45)15-17-59-53(64)16-23-66-25-27-68-29-31-70-33-35-72-37-38-73-36-34-71-32-30-69-28-26-67-24-18-60-77(65)46-13-14-49-52(41-46)76-75-58(49)50-39-43-5-1-19-61-21-3-7-47(54(43)61)56(50)74-57-48-8-4-22-62-20-2-6-44(55(48)62)40-51(57)58/h9-14,39-41,60,63H,1-8,15-38H2,(H,59,64). The Balaban J connectivity index is 0.554. The minimum Gasteiger partial charge on any atom is -0.593 e. The van der Waals surface area contributed by atoms with E-state index in [1.54, 1.807) is 12.1 Å². The van der Waals surface area contributed by atoms with Crippen LogP contribution in [0.1, 0.15) is 76.6 Å². The van der Waals surface area contributed by atoms with Gasteiger partial charge in [0.1, 0.15) is 17.2 Å². The second kappa shape index (κ2) is 28.3. The van der Waals surface area contributed by atoms with Gasteiger partial charge < -0.3 is 67.4 Å². The number of benzene rings is 4. The highest BCUT2D eigenvalue weighted by Crippen LogP contribution is 2.64. The maximum Gasteiger partial charge on any atom is 0.222 e. The molecular weight excluding hydrogens is 1020 g/mol. The molecule has 77 heavy (non-hydrogen) atoms. The van der Waals surface area contributed by atoms with E-state index in [0.29, 0.717) is 137 Å². The Kier molecular flexibility index (Phi) is 20.6. The van der Waals surface area contributed by atoms with Crippen molar-refractivity contribution in [2.45, 2.75) is 79.6 Å². The first-order valence-corrected chi connectivity index (χ1v) is 29.8. The van der Waals surface area contributed by atoms with E-state index in [4.69, 9.17) is 46.8 Å². The molecule has 1 spiro atoms. The molecule has 0 fully saturated rings. The quantitative estimate of drug-likeness (QED) is 0.0266. The van der Waals surface area contributed by atoms with Gasteiger partial charge in [0, 0.05) is 101 Å². The minimum atomic E-state index is -1.44. The fourth-order valence-corrected chi connectivity index (χ4v) is 13.3. The van der Waals surface area contributed by atoms with Crippen molar-refractivity contribution in [2.75, 3.05) is 155 Å². The molecule has 6 aliphatic rings. The Labute approximate surface area is 460 Å². The molecule has 1 atom stereocenters. The zero-order valence-corrected chi connectivity index (χ0v) is 46.0. The van der Waals surface area contributed by atoms with Crippen molar-refractivity contribution in [1.82, 2.24) is 10.0 Å². The Morgan fingerprint density at radius 3 is 1.60 bits per heavy atom.